The second kappa shape index (κ2) is 7.96. The predicted octanol–water partition coefficient (Wildman–Crippen LogP) is 3.54. The van der Waals surface area contributed by atoms with Crippen molar-refractivity contribution in [1.29, 1.82) is 0 Å². The molecule has 0 radical (unpaired) electrons. The fourth-order valence-corrected chi connectivity index (χ4v) is 3.02. The Hall–Kier alpha value is -2.63. The Balaban J connectivity index is 1.58. The van der Waals surface area contributed by atoms with E-state index in [1.165, 1.54) is 32.1 Å². The minimum atomic E-state index is -0.255. The highest BCUT2D eigenvalue weighted by atomic mass is 16.1. The number of carbonyl (C=O) groups is 1. The number of aromatic nitrogens is 2. The summed E-state index contributed by atoms with van der Waals surface area (Å²) in [4.78, 5) is 14.3. The Labute approximate surface area is 148 Å². The van der Waals surface area contributed by atoms with Crippen molar-refractivity contribution >= 4 is 23.1 Å². The molecule has 0 saturated heterocycles. The van der Waals surface area contributed by atoms with E-state index < -0.39 is 0 Å². The number of hydrogen-bond donors (Lipinski definition) is 2. The van der Waals surface area contributed by atoms with Crippen molar-refractivity contribution in [2.75, 3.05) is 29.6 Å². The lowest BCUT2D eigenvalue weighted by molar-refractivity contribution is 0.102. The summed E-state index contributed by atoms with van der Waals surface area (Å²) in [6.45, 7) is 0. The smallest absolute Gasteiger partial charge is 0.276 e. The average molecular weight is 339 g/mol. The highest BCUT2D eigenvalue weighted by Gasteiger charge is 2.14. The molecule has 0 unspecified atom stereocenters. The normalized spacial score (nSPS) is 14.8. The van der Waals surface area contributed by atoms with Crippen molar-refractivity contribution < 1.29 is 4.79 Å². The molecule has 1 aliphatic carbocycles. The SMILES string of the molecule is CN(C)c1ccc(NC(=O)c2ccc(NC3CCCCC3)nn2)cc1. The summed E-state index contributed by atoms with van der Waals surface area (Å²) in [6, 6.07) is 11.7. The number of nitrogens with zero attached hydrogens (tertiary/aromatic N) is 3. The van der Waals surface area contributed by atoms with Crippen LogP contribution in [0.4, 0.5) is 17.2 Å². The van der Waals surface area contributed by atoms with Crippen LogP contribution in [0.2, 0.25) is 0 Å². The van der Waals surface area contributed by atoms with Gasteiger partial charge in [0.05, 0.1) is 0 Å². The molecule has 6 nitrogen and oxygen atoms in total. The maximum absolute atomic E-state index is 12.3. The zero-order valence-corrected chi connectivity index (χ0v) is 14.8. The molecule has 1 saturated carbocycles. The molecular weight excluding hydrogens is 314 g/mol. The van der Waals surface area contributed by atoms with Crippen LogP contribution in [0.5, 0.6) is 0 Å². The quantitative estimate of drug-likeness (QED) is 0.872. The fourth-order valence-electron chi connectivity index (χ4n) is 3.02. The third kappa shape index (κ3) is 4.68. The van der Waals surface area contributed by atoms with Crippen LogP contribution in [0.3, 0.4) is 0 Å². The first-order chi connectivity index (χ1) is 12.1. The Morgan fingerprint density at radius 2 is 1.72 bits per heavy atom. The molecule has 1 amide bonds. The van der Waals surface area contributed by atoms with Crippen LogP contribution in [0.15, 0.2) is 36.4 Å². The summed E-state index contributed by atoms with van der Waals surface area (Å²) in [7, 11) is 3.96. The molecule has 2 N–H and O–H groups in total. The summed E-state index contributed by atoms with van der Waals surface area (Å²) < 4.78 is 0. The molecule has 1 aliphatic rings. The van der Waals surface area contributed by atoms with Gasteiger partial charge < -0.3 is 15.5 Å². The molecule has 1 aromatic heterocycles. The number of nitrogens with one attached hydrogen (secondary N) is 2. The van der Waals surface area contributed by atoms with Gasteiger partial charge in [-0.1, -0.05) is 19.3 Å². The van der Waals surface area contributed by atoms with Gasteiger partial charge in [-0.25, -0.2) is 0 Å². The summed E-state index contributed by atoms with van der Waals surface area (Å²) in [6.07, 6.45) is 6.19. The average Bonchev–Trinajstić information content (AvgIpc) is 2.63. The van der Waals surface area contributed by atoms with Crippen LogP contribution < -0.4 is 15.5 Å². The van der Waals surface area contributed by atoms with Gasteiger partial charge in [0.2, 0.25) is 0 Å². The number of hydrogen-bond acceptors (Lipinski definition) is 5. The molecule has 132 valence electrons. The van der Waals surface area contributed by atoms with E-state index in [4.69, 9.17) is 0 Å². The number of anilines is 3. The van der Waals surface area contributed by atoms with E-state index in [1.807, 2.05) is 49.3 Å². The van der Waals surface area contributed by atoms with Crippen molar-refractivity contribution in [2.24, 2.45) is 0 Å². The molecule has 25 heavy (non-hydrogen) atoms. The van der Waals surface area contributed by atoms with E-state index in [0.29, 0.717) is 11.7 Å². The van der Waals surface area contributed by atoms with Gasteiger partial charge in [-0.3, -0.25) is 4.79 Å². The molecule has 2 aromatic rings. The Bertz CT molecular complexity index is 691. The van der Waals surface area contributed by atoms with E-state index in [0.717, 1.165) is 17.2 Å². The largest absolute Gasteiger partial charge is 0.378 e. The highest BCUT2D eigenvalue weighted by Crippen LogP contribution is 2.20. The molecule has 6 heteroatoms. The lowest BCUT2D eigenvalue weighted by Crippen LogP contribution is -2.23. The van der Waals surface area contributed by atoms with Crippen LogP contribution in [0.1, 0.15) is 42.6 Å². The van der Waals surface area contributed by atoms with Crippen molar-refractivity contribution in [3.63, 3.8) is 0 Å². The molecule has 1 fully saturated rings. The van der Waals surface area contributed by atoms with Crippen molar-refractivity contribution in [3.8, 4) is 0 Å². The maximum Gasteiger partial charge on any atom is 0.276 e. The summed E-state index contributed by atoms with van der Waals surface area (Å²) in [5, 5.41) is 14.4. The monoisotopic (exact) mass is 339 g/mol. The first kappa shape index (κ1) is 17.2. The summed E-state index contributed by atoms with van der Waals surface area (Å²) in [5.41, 5.74) is 2.13. The zero-order valence-electron chi connectivity index (χ0n) is 14.8. The lowest BCUT2D eigenvalue weighted by atomic mass is 9.95. The van der Waals surface area contributed by atoms with Gasteiger partial charge >= 0.3 is 0 Å². The Morgan fingerprint density at radius 3 is 2.32 bits per heavy atom. The number of carbonyl (C=O) groups excluding carboxylic acids is 1. The summed E-state index contributed by atoms with van der Waals surface area (Å²) in [5.74, 6) is 0.480. The summed E-state index contributed by atoms with van der Waals surface area (Å²) >= 11 is 0. The fraction of sp³-hybridized carbons (Fsp3) is 0.421. The first-order valence-electron chi connectivity index (χ1n) is 8.81. The van der Waals surface area contributed by atoms with E-state index >= 15 is 0 Å². The van der Waals surface area contributed by atoms with Crippen LogP contribution in [-0.2, 0) is 0 Å². The third-order valence-electron chi connectivity index (χ3n) is 4.50. The van der Waals surface area contributed by atoms with Crippen LogP contribution in [-0.4, -0.2) is 36.2 Å². The molecular formula is C19H25N5O. The van der Waals surface area contributed by atoms with Gasteiger partial charge in [-0.2, -0.15) is 0 Å². The van der Waals surface area contributed by atoms with E-state index in [2.05, 4.69) is 20.8 Å². The molecule has 1 aromatic carbocycles. The van der Waals surface area contributed by atoms with Gasteiger partial charge in [0.15, 0.2) is 5.69 Å². The molecule has 0 aliphatic heterocycles. The lowest BCUT2D eigenvalue weighted by Gasteiger charge is -2.22. The number of amides is 1. The third-order valence-corrected chi connectivity index (χ3v) is 4.50. The van der Waals surface area contributed by atoms with E-state index in [9.17, 15) is 4.79 Å². The van der Waals surface area contributed by atoms with E-state index in [-0.39, 0.29) is 5.91 Å². The maximum atomic E-state index is 12.3. The van der Waals surface area contributed by atoms with Crippen molar-refractivity contribution in [1.82, 2.24) is 10.2 Å². The molecule has 0 spiro atoms. The topological polar surface area (TPSA) is 70.2 Å². The molecule has 0 bridgehead atoms. The van der Waals surface area contributed by atoms with Gasteiger partial charge in [0, 0.05) is 31.5 Å². The van der Waals surface area contributed by atoms with Crippen LogP contribution >= 0.6 is 0 Å². The second-order valence-corrected chi connectivity index (χ2v) is 6.68. The minimum absolute atomic E-state index is 0.255. The standard InChI is InChI=1S/C19H25N5O/c1-24(2)16-10-8-15(9-11-16)21-19(25)17-12-13-18(23-22-17)20-14-6-4-3-5-7-14/h8-14H,3-7H2,1-2H3,(H,20,23)(H,21,25). The second-order valence-electron chi connectivity index (χ2n) is 6.68. The Morgan fingerprint density at radius 1 is 1.00 bits per heavy atom. The minimum Gasteiger partial charge on any atom is -0.378 e. The number of benzene rings is 1. The predicted molar refractivity (Wildman–Crippen MR) is 101 cm³/mol. The van der Waals surface area contributed by atoms with Crippen molar-refractivity contribution in [3.05, 3.63) is 42.1 Å². The van der Waals surface area contributed by atoms with Crippen LogP contribution in [0.25, 0.3) is 0 Å². The highest BCUT2D eigenvalue weighted by molar-refractivity contribution is 6.02. The van der Waals surface area contributed by atoms with Crippen LogP contribution in [0, 0.1) is 0 Å². The van der Waals surface area contributed by atoms with Gasteiger partial charge in [-0.15, -0.1) is 10.2 Å². The number of rotatable bonds is 5. The molecule has 3 rings (SSSR count). The van der Waals surface area contributed by atoms with Gasteiger partial charge in [0.25, 0.3) is 5.91 Å². The van der Waals surface area contributed by atoms with Gasteiger partial charge in [0.1, 0.15) is 5.82 Å². The first-order valence-corrected chi connectivity index (χ1v) is 8.81. The Kier molecular flexibility index (Phi) is 5.48. The molecule has 1 heterocycles. The van der Waals surface area contributed by atoms with Gasteiger partial charge in [-0.05, 0) is 49.2 Å². The van der Waals surface area contributed by atoms with E-state index in [1.54, 1.807) is 6.07 Å². The zero-order chi connectivity index (χ0) is 17.6. The van der Waals surface area contributed by atoms with Crippen molar-refractivity contribution in [2.45, 2.75) is 38.1 Å². The molecule has 0 atom stereocenters.